The van der Waals surface area contributed by atoms with Crippen molar-refractivity contribution in [1.29, 1.82) is 0 Å². The van der Waals surface area contributed by atoms with Crippen molar-refractivity contribution in [2.75, 3.05) is 20.1 Å². The fourth-order valence-corrected chi connectivity index (χ4v) is 2.55. The van der Waals surface area contributed by atoms with E-state index in [9.17, 15) is 0 Å². The summed E-state index contributed by atoms with van der Waals surface area (Å²) in [5.41, 5.74) is 1.37. The maximum absolute atomic E-state index is 4.05. The van der Waals surface area contributed by atoms with Gasteiger partial charge in [0.2, 0.25) is 0 Å². The molecular weight excluding hydrogens is 198 g/mol. The number of likely N-dealkylation sites (tertiary alicyclic amines) is 1. The van der Waals surface area contributed by atoms with Crippen LogP contribution in [0.5, 0.6) is 0 Å². The van der Waals surface area contributed by atoms with Crippen molar-refractivity contribution in [2.24, 2.45) is 5.92 Å². The van der Waals surface area contributed by atoms with E-state index in [2.05, 4.69) is 41.3 Å². The third-order valence-electron chi connectivity index (χ3n) is 3.52. The summed E-state index contributed by atoms with van der Waals surface area (Å²) < 4.78 is 0. The molecule has 1 aliphatic rings. The predicted molar refractivity (Wildman–Crippen MR) is 66.1 cm³/mol. The van der Waals surface area contributed by atoms with Crippen molar-refractivity contribution in [3.63, 3.8) is 0 Å². The first-order valence-electron chi connectivity index (χ1n) is 6.08. The summed E-state index contributed by atoms with van der Waals surface area (Å²) in [5.74, 6) is 0.737. The predicted octanol–water partition coefficient (Wildman–Crippen LogP) is 1.51. The monoisotopic (exact) mass is 219 g/mol. The molecule has 1 fully saturated rings. The second-order valence-electron chi connectivity index (χ2n) is 4.75. The molecule has 16 heavy (non-hydrogen) atoms. The molecule has 2 atom stereocenters. The molecule has 0 saturated carbocycles. The second-order valence-corrected chi connectivity index (χ2v) is 4.75. The number of hydrogen-bond donors (Lipinski definition) is 1. The summed E-state index contributed by atoms with van der Waals surface area (Å²) in [6.45, 7) is 5.77. The maximum Gasteiger partial charge on any atom is 0.0271 e. The lowest BCUT2D eigenvalue weighted by Crippen LogP contribution is -2.46. The van der Waals surface area contributed by atoms with Crippen LogP contribution in [0, 0.1) is 5.92 Å². The molecule has 0 aliphatic carbocycles. The topological polar surface area (TPSA) is 28.2 Å². The highest BCUT2D eigenvalue weighted by atomic mass is 15.1. The van der Waals surface area contributed by atoms with Gasteiger partial charge in [0.05, 0.1) is 0 Å². The Morgan fingerprint density at radius 1 is 1.44 bits per heavy atom. The first-order chi connectivity index (χ1) is 7.79. The minimum absolute atomic E-state index is 0.689. The van der Waals surface area contributed by atoms with Gasteiger partial charge in [-0.2, -0.15) is 0 Å². The van der Waals surface area contributed by atoms with Gasteiger partial charge in [0.1, 0.15) is 0 Å². The first-order valence-corrected chi connectivity index (χ1v) is 6.08. The van der Waals surface area contributed by atoms with E-state index in [1.165, 1.54) is 25.1 Å². The number of nitrogens with one attached hydrogen (secondary N) is 1. The van der Waals surface area contributed by atoms with E-state index in [4.69, 9.17) is 0 Å². The Kier molecular flexibility index (Phi) is 3.91. The van der Waals surface area contributed by atoms with E-state index < -0.39 is 0 Å². The summed E-state index contributed by atoms with van der Waals surface area (Å²) in [5, 5.41) is 3.40. The van der Waals surface area contributed by atoms with Gasteiger partial charge in [-0.1, -0.05) is 6.92 Å². The van der Waals surface area contributed by atoms with Gasteiger partial charge in [-0.3, -0.25) is 9.88 Å². The van der Waals surface area contributed by atoms with Gasteiger partial charge >= 0.3 is 0 Å². The molecule has 2 unspecified atom stereocenters. The lowest BCUT2D eigenvalue weighted by molar-refractivity contribution is 0.145. The molecule has 1 aromatic rings. The van der Waals surface area contributed by atoms with E-state index in [1.807, 2.05) is 12.4 Å². The number of rotatable bonds is 3. The minimum Gasteiger partial charge on any atom is -0.317 e. The molecule has 0 radical (unpaired) electrons. The Bertz CT molecular complexity index is 312. The molecule has 1 aliphatic heterocycles. The Balaban J connectivity index is 1.89. The summed E-state index contributed by atoms with van der Waals surface area (Å²) in [7, 11) is 2.07. The van der Waals surface area contributed by atoms with E-state index in [0.29, 0.717) is 6.04 Å². The van der Waals surface area contributed by atoms with Gasteiger partial charge in [-0.25, -0.2) is 0 Å². The highest BCUT2D eigenvalue weighted by Crippen LogP contribution is 2.18. The zero-order valence-corrected chi connectivity index (χ0v) is 10.2. The molecular formula is C13H21N3. The van der Waals surface area contributed by atoms with Crippen LogP contribution < -0.4 is 5.32 Å². The number of pyridine rings is 1. The highest BCUT2D eigenvalue weighted by Gasteiger charge is 2.24. The Morgan fingerprint density at radius 2 is 2.19 bits per heavy atom. The normalized spacial score (nSPS) is 26.9. The molecule has 0 amide bonds. The van der Waals surface area contributed by atoms with Gasteiger partial charge in [0.25, 0.3) is 0 Å². The Morgan fingerprint density at radius 3 is 2.81 bits per heavy atom. The smallest absolute Gasteiger partial charge is 0.0271 e. The quantitative estimate of drug-likeness (QED) is 0.835. The molecule has 3 nitrogen and oxygen atoms in total. The minimum atomic E-state index is 0.689. The zero-order valence-electron chi connectivity index (χ0n) is 10.2. The van der Waals surface area contributed by atoms with Gasteiger partial charge in [-0.05, 0) is 43.6 Å². The van der Waals surface area contributed by atoms with Crippen LogP contribution in [0.15, 0.2) is 24.5 Å². The fourth-order valence-electron chi connectivity index (χ4n) is 2.55. The van der Waals surface area contributed by atoms with Crippen LogP contribution in [0.25, 0.3) is 0 Å². The van der Waals surface area contributed by atoms with Crippen LogP contribution >= 0.6 is 0 Å². The van der Waals surface area contributed by atoms with E-state index in [1.54, 1.807) is 0 Å². The number of piperidine rings is 1. The van der Waals surface area contributed by atoms with Crippen LogP contribution in [0.2, 0.25) is 0 Å². The molecule has 3 heteroatoms. The van der Waals surface area contributed by atoms with Crippen LogP contribution in [-0.4, -0.2) is 36.1 Å². The lowest BCUT2D eigenvalue weighted by Gasteiger charge is -2.36. The van der Waals surface area contributed by atoms with Crippen LogP contribution in [0.3, 0.4) is 0 Å². The Hall–Kier alpha value is -0.930. The maximum atomic E-state index is 4.05. The molecule has 88 valence electrons. The molecule has 2 heterocycles. The zero-order chi connectivity index (χ0) is 11.4. The average Bonchev–Trinajstić information content (AvgIpc) is 2.31. The Labute approximate surface area is 97.9 Å². The SMILES string of the molecule is CNC1CCN(Cc2ccncc2)CC1C. The number of aromatic nitrogens is 1. The van der Waals surface area contributed by atoms with Crippen LogP contribution in [0.1, 0.15) is 18.9 Å². The fraction of sp³-hybridized carbons (Fsp3) is 0.615. The third-order valence-corrected chi connectivity index (χ3v) is 3.52. The summed E-state index contributed by atoms with van der Waals surface area (Å²) in [6, 6.07) is 4.90. The first kappa shape index (κ1) is 11.6. The summed E-state index contributed by atoms with van der Waals surface area (Å²) in [6.07, 6.45) is 5.00. The highest BCUT2D eigenvalue weighted by molar-refractivity contribution is 5.09. The molecule has 2 rings (SSSR count). The van der Waals surface area contributed by atoms with Crippen LogP contribution in [0.4, 0.5) is 0 Å². The van der Waals surface area contributed by atoms with Gasteiger partial charge < -0.3 is 5.32 Å². The molecule has 0 spiro atoms. The molecule has 1 saturated heterocycles. The number of hydrogen-bond acceptors (Lipinski definition) is 3. The van der Waals surface area contributed by atoms with E-state index in [-0.39, 0.29) is 0 Å². The van der Waals surface area contributed by atoms with Crippen molar-refractivity contribution in [3.8, 4) is 0 Å². The molecule has 0 bridgehead atoms. The molecule has 1 aromatic heterocycles. The summed E-state index contributed by atoms with van der Waals surface area (Å²) >= 11 is 0. The summed E-state index contributed by atoms with van der Waals surface area (Å²) in [4.78, 5) is 6.59. The van der Waals surface area contributed by atoms with Crippen LogP contribution in [-0.2, 0) is 6.54 Å². The molecule has 1 N–H and O–H groups in total. The van der Waals surface area contributed by atoms with Crippen molar-refractivity contribution in [1.82, 2.24) is 15.2 Å². The van der Waals surface area contributed by atoms with Crippen molar-refractivity contribution >= 4 is 0 Å². The standard InChI is InChI=1S/C13H21N3/c1-11-9-16(8-5-13(11)14-2)10-12-3-6-15-7-4-12/h3-4,6-7,11,13-14H,5,8-10H2,1-2H3. The van der Waals surface area contributed by atoms with E-state index in [0.717, 1.165) is 12.5 Å². The largest absolute Gasteiger partial charge is 0.317 e. The van der Waals surface area contributed by atoms with Crippen molar-refractivity contribution in [2.45, 2.75) is 25.9 Å². The average molecular weight is 219 g/mol. The van der Waals surface area contributed by atoms with E-state index >= 15 is 0 Å². The van der Waals surface area contributed by atoms with Gasteiger partial charge in [-0.15, -0.1) is 0 Å². The number of nitrogens with zero attached hydrogens (tertiary/aromatic N) is 2. The second kappa shape index (κ2) is 5.41. The van der Waals surface area contributed by atoms with Crippen molar-refractivity contribution < 1.29 is 0 Å². The van der Waals surface area contributed by atoms with Gasteiger partial charge in [0, 0.05) is 31.5 Å². The van der Waals surface area contributed by atoms with Gasteiger partial charge in [0.15, 0.2) is 0 Å². The van der Waals surface area contributed by atoms with Crippen molar-refractivity contribution in [3.05, 3.63) is 30.1 Å². The lowest BCUT2D eigenvalue weighted by atomic mass is 9.94. The third kappa shape index (κ3) is 2.80. The molecule has 0 aromatic carbocycles.